The van der Waals surface area contributed by atoms with E-state index >= 15 is 0 Å². The minimum absolute atomic E-state index is 0.116. The van der Waals surface area contributed by atoms with Gasteiger partial charge >= 0.3 is 13.8 Å². The van der Waals surface area contributed by atoms with Gasteiger partial charge in [-0.25, -0.2) is 9.55 Å². The van der Waals surface area contributed by atoms with E-state index in [0.29, 0.717) is 27.2 Å². The molecule has 1 saturated carbocycles. The maximum atomic E-state index is 12.5. The zero-order valence-corrected chi connectivity index (χ0v) is 24.3. The van der Waals surface area contributed by atoms with Gasteiger partial charge in [-0.15, -0.1) is 0 Å². The molecule has 1 heterocycles. The Morgan fingerprint density at radius 3 is 2.68 bits per heavy atom. The van der Waals surface area contributed by atoms with Crippen LogP contribution in [0.15, 0.2) is 23.1 Å². The molecule has 1 amide bonds. The summed E-state index contributed by atoms with van der Waals surface area (Å²) in [5.41, 5.74) is 1.50. The van der Waals surface area contributed by atoms with Crippen LogP contribution < -0.4 is 10.6 Å². The van der Waals surface area contributed by atoms with Crippen LogP contribution in [0.25, 0.3) is 10.4 Å². The molecular weight excluding hydrogens is 577 g/mol. The van der Waals surface area contributed by atoms with Gasteiger partial charge in [-0.3, -0.25) is 18.3 Å². The van der Waals surface area contributed by atoms with Crippen molar-refractivity contribution in [3.05, 3.63) is 28.9 Å². The maximum Gasteiger partial charge on any atom is 0.469 e. The molecule has 1 aromatic heterocycles. The van der Waals surface area contributed by atoms with Crippen molar-refractivity contribution < 1.29 is 37.4 Å². The third kappa shape index (κ3) is 9.49. The van der Waals surface area contributed by atoms with Crippen LogP contribution in [-0.4, -0.2) is 62.4 Å². The molecule has 15 heteroatoms. The summed E-state index contributed by atoms with van der Waals surface area (Å²) in [7, 11) is -6.01. The molecule has 0 spiro atoms. The SMILES string of the molecule is Cc1nc(NC(=O)CCCN[C@@H](COP(=O)(O)O)C(=O)OC2CCCC2)sc1-c1ccc(Cl)c(S(C)=O)c1. The molecule has 1 aliphatic rings. The van der Waals surface area contributed by atoms with Gasteiger partial charge in [-0.1, -0.05) is 29.0 Å². The number of aromatic nitrogens is 1. The van der Waals surface area contributed by atoms with Crippen molar-refractivity contribution >= 4 is 58.6 Å². The van der Waals surface area contributed by atoms with Crippen LogP contribution in [0.3, 0.4) is 0 Å². The number of hydrogen-bond acceptors (Lipinski definition) is 9. The second-order valence-electron chi connectivity index (χ2n) is 8.82. The van der Waals surface area contributed by atoms with Gasteiger partial charge in [0.05, 0.1) is 37.9 Å². The number of benzene rings is 1. The van der Waals surface area contributed by atoms with E-state index in [9.17, 15) is 18.4 Å². The molecule has 0 aliphatic heterocycles. The van der Waals surface area contributed by atoms with Crippen LogP contribution >= 0.6 is 30.8 Å². The fourth-order valence-electron chi connectivity index (χ4n) is 3.92. The summed E-state index contributed by atoms with van der Waals surface area (Å²) in [5.74, 6) is -0.923. The number of rotatable bonds is 13. The molecule has 0 radical (unpaired) electrons. The van der Waals surface area contributed by atoms with Gasteiger partial charge in [0.15, 0.2) is 5.13 Å². The second kappa shape index (κ2) is 14.1. The minimum atomic E-state index is -4.76. The summed E-state index contributed by atoms with van der Waals surface area (Å²) < 4.78 is 33.0. The molecule has 2 aromatic rings. The average Bonchev–Trinajstić information content (AvgIpc) is 3.47. The highest BCUT2D eigenvalue weighted by molar-refractivity contribution is 7.84. The van der Waals surface area contributed by atoms with E-state index < -0.39 is 37.2 Å². The highest BCUT2D eigenvalue weighted by atomic mass is 35.5. The first-order valence-electron chi connectivity index (χ1n) is 12.0. The normalized spacial score (nSPS) is 15.8. The van der Waals surface area contributed by atoms with E-state index in [2.05, 4.69) is 20.1 Å². The number of nitrogens with zero attached hydrogens (tertiary/aromatic N) is 1. The molecule has 1 aromatic carbocycles. The summed E-state index contributed by atoms with van der Waals surface area (Å²) in [6.07, 6.45) is 5.24. The number of phosphoric ester groups is 1. The summed E-state index contributed by atoms with van der Waals surface area (Å²) in [4.78, 5) is 48.7. The number of nitrogens with one attached hydrogen (secondary N) is 2. The standard InChI is InChI=1S/C23H31ClN3O8PS2/c1-14-21(15-9-10-17(24)19(12-15)38(2)33)37-23(26-14)27-20(28)8-5-11-25-18(13-34-36(30,31)32)22(29)35-16-6-3-4-7-16/h9-10,12,16,18,25H,3-8,11,13H2,1-2H3,(H,26,27,28)(H2,30,31,32)/t18-,38?/m0/s1. The number of aryl methyl sites for hydroxylation is 1. The zero-order chi connectivity index (χ0) is 27.9. The molecule has 1 unspecified atom stereocenters. The lowest BCUT2D eigenvalue weighted by molar-refractivity contribution is -0.152. The Balaban J connectivity index is 1.51. The molecule has 3 rings (SSSR count). The number of carbonyl (C=O) groups is 2. The van der Waals surface area contributed by atoms with Gasteiger partial charge in [-0.05, 0) is 63.3 Å². The number of phosphoric acid groups is 1. The van der Waals surface area contributed by atoms with Crippen LogP contribution in [0.2, 0.25) is 5.02 Å². The molecule has 2 atom stereocenters. The topological polar surface area (TPSA) is 164 Å². The molecule has 1 fully saturated rings. The number of hydrogen-bond donors (Lipinski definition) is 4. The molecule has 11 nitrogen and oxygen atoms in total. The number of thiazole rings is 1. The van der Waals surface area contributed by atoms with E-state index in [4.69, 9.17) is 26.1 Å². The molecule has 0 saturated heterocycles. The summed E-state index contributed by atoms with van der Waals surface area (Å²) >= 11 is 7.42. The zero-order valence-electron chi connectivity index (χ0n) is 21.0. The second-order valence-corrected chi connectivity index (χ2v) is 12.8. The van der Waals surface area contributed by atoms with Crippen LogP contribution in [-0.2, 0) is 34.2 Å². The summed E-state index contributed by atoms with van der Waals surface area (Å²) in [6, 6.07) is 4.17. The van der Waals surface area contributed by atoms with E-state index in [-0.39, 0.29) is 25.0 Å². The molecule has 0 bridgehead atoms. The first-order chi connectivity index (χ1) is 17.9. The highest BCUT2D eigenvalue weighted by Crippen LogP contribution is 2.36. The average molecular weight is 608 g/mol. The Kier molecular flexibility index (Phi) is 11.4. The van der Waals surface area contributed by atoms with Crippen LogP contribution in [0.1, 0.15) is 44.2 Å². The third-order valence-electron chi connectivity index (χ3n) is 5.80. The van der Waals surface area contributed by atoms with Crippen molar-refractivity contribution in [1.29, 1.82) is 0 Å². The predicted octanol–water partition coefficient (Wildman–Crippen LogP) is 3.78. The number of ether oxygens (including phenoxy) is 1. The van der Waals surface area contributed by atoms with E-state index in [1.807, 2.05) is 6.92 Å². The Morgan fingerprint density at radius 2 is 2.03 bits per heavy atom. The fraction of sp³-hybridized carbons (Fsp3) is 0.522. The van der Waals surface area contributed by atoms with Crippen LogP contribution in [0.4, 0.5) is 5.13 Å². The number of esters is 1. The molecule has 38 heavy (non-hydrogen) atoms. The fourth-order valence-corrected chi connectivity index (χ4v) is 6.33. The van der Waals surface area contributed by atoms with E-state index in [0.717, 1.165) is 36.1 Å². The summed E-state index contributed by atoms with van der Waals surface area (Å²) in [6.45, 7) is 1.47. The predicted molar refractivity (Wildman–Crippen MR) is 146 cm³/mol. The first kappa shape index (κ1) is 30.8. The Labute approximate surface area is 232 Å². The molecule has 4 N–H and O–H groups in total. The Morgan fingerprint density at radius 1 is 1.32 bits per heavy atom. The van der Waals surface area contributed by atoms with E-state index in [1.54, 1.807) is 24.5 Å². The largest absolute Gasteiger partial charge is 0.469 e. The number of anilines is 1. The van der Waals surface area contributed by atoms with Crippen molar-refractivity contribution in [2.75, 3.05) is 24.7 Å². The van der Waals surface area contributed by atoms with Gasteiger partial charge in [0, 0.05) is 12.7 Å². The molecule has 1 aliphatic carbocycles. The van der Waals surface area contributed by atoms with E-state index in [1.165, 1.54) is 11.3 Å². The first-order valence-corrected chi connectivity index (χ1v) is 16.3. The third-order valence-corrected chi connectivity index (χ3v) is 8.80. The van der Waals surface area contributed by atoms with Gasteiger partial charge in [0.1, 0.15) is 12.1 Å². The van der Waals surface area contributed by atoms with Gasteiger partial charge in [0.25, 0.3) is 0 Å². The lowest BCUT2D eigenvalue weighted by atomic mass is 10.2. The Bertz CT molecular complexity index is 1220. The lowest BCUT2D eigenvalue weighted by Crippen LogP contribution is -2.43. The Hall–Kier alpha value is -1.70. The van der Waals surface area contributed by atoms with Gasteiger partial charge in [0.2, 0.25) is 5.91 Å². The van der Waals surface area contributed by atoms with Crippen LogP contribution in [0, 0.1) is 6.92 Å². The van der Waals surface area contributed by atoms with Crippen molar-refractivity contribution in [1.82, 2.24) is 10.3 Å². The minimum Gasteiger partial charge on any atom is -0.461 e. The lowest BCUT2D eigenvalue weighted by Gasteiger charge is -2.20. The van der Waals surface area contributed by atoms with Crippen molar-refractivity contribution in [3.8, 4) is 10.4 Å². The summed E-state index contributed by atoms with van der Waals surface area (Å²) in [5, 5.41) is 6.46. The van der Waals surface area contributed by atoms with Crippen LogP contribution in [0.5, 0.6) is 0 Å². The maximum absolute atomic E-state index is 12.5. The smallest absolute Gasteiger partial charge is 0.461 e. The monoisotopic (exact) mass is 607 g/mol. The number of amides is 1. The quantitative estimate of drug-likeness (QED) is 0.150. The van der Waals surface area contributed by atoms with Crippen molar-refractivity contribution in [2.45, 2.75) is 62.5 Å². The van der Waals surface area contributed by atoms with Crippen molar-refractivity contribution in [2.24, 2.45) is 0 Å². The molecule has 210 valence electrons. The van der Waals surface area contributed by atoms with Gasteiger partial charge in [-0.2, -0.15) is 0 Å². The number of halogens is 1. The number of carbonyl (C=O) groups excluding carboxylic acids is 2. The van der Waals surface area contributed by atoms with Crippen molar-refractivity contribution in [3.63, 3.8) is 0 Å². The highest BCUT2D eigenvalue weighted by Gasteiger charge is 2.28. The van der Waals surface area contributed by atoms with Gasteiger partial charge < -0.3 is 25.2 Å². The molecular formula is C23H31ClN3O8PS2.